The molecule has 2 aromatic heterocycles. The predicted molar refractivity (Wildman–Crippen MR) is 65.8 cm³/mol. The van der Waals surface area contributed by atoms with Gasteiger partial charge in [-0.05, 0) is 6.07 Å². The van der Waals surface area contributed by atoms with Crippen molar-refractivity contribution in [3.8, 4) is 0 Å². The lowest BCUT2D eigenvalue weighted by Crippen LogP contribution is -2.12. The van der Waals surface area contributed by atoms with E-state index < -0.39 is 5.91 Å². The van der Waals surface area contributed by atoms with E-state index in [-0.39, 0.29) is 5.75 Å². The summed E-state index contributed by atoms with van der Waals surface area (Å²) in [6, 6.07) is 1.75. The molecule has 18 heavy (non-hydrogen) atoms. The topological polar surface area (TPSA) is 108 Å². The second-order valence-electron chi connectivity index (χ2n) is 3.04. The molecule has 2 aromatic rings. The van der Waals surface area contributed by atoms with E-state index in [1.54, 1.807) is 18.5 Å². The monoisotopic (exact) mass is 283 g/mol. The van der Waals surface area contributed by atoms with Gasteiger partial charge in [-0.3, -0.25) is 4.79 Å². The highest BCUT2D eigenvalue weighted by molar-refractivity contribution is 7.99. The van der Waals surface area contributed by atoms with Crippen LogP contribution in [0.5, 0.6) is 0 Å². The summed E-state index contributed by atoms with van der Waals surface area (Å²) < 4.78 is 5.31. The van der Waals surface area contributed by atoms with Crippen LogP contribution in [0.2, 0.25) is 0 Å². The van der Waals surface area contributed by atoms with Crippen molar-refractivity contribution >= 4 is 29.4 Å². The van der Waals surface area contributed by atoms with Gasteiger partial charge in [0.1, 0.15) is 0 Å². The number of nitrogens with zero attached hydrogens (tertiary/aromatic N) is 4. The zero-order chi connectivity index (χ0) is 12.8. The lowest BCUT2D eigenvalue weighted by atomic mass is 10.7. The van der Waals surface area contributed by atoms with E-state index in [1.807, 2.05) is 0 Å². The smallest absolute Gasteiger partial charge is 0.277 e. The van der Waals surface area contributed by atoms with Gasteiger partial charge in [0, 0.05) is 12.4 Å². The number of carbonyl (C=O) groups is 1. The van der Waals surface area contributed by atoms with Crippen molar-refractivity contribution in [1.29, 1.82) is 0 Å². The Hall–Kier alpha value is -1.61. The minimum atomic E-state index is -0.424. The molecule has 0 saturated heterocycles. The van der Waals surface area contributed by atoms with E-state index in [9.17, 15) is 4.79 Å². The lowest BCUT2D eigenvalue weighted by Gasteiger charge is -1.94. The highest BCUT2D eigenvalue weighted by atomic mass is 32.2. The van der Waals surface area contributed by atoms with Gasteiger partial charge in [-0.25, -0.2) is 9.97 Å². The molecule has 0 radical (unpaired) electrons. The number of aromatic nitrogens is 4. The summed E-state index contributed by atoms with van der Waals surface area (Å²) in [5.74, 6) is 0.635. The molecule has 0 aliphatic heterocycles. The predicted octanol–water partition coefficient (Wildman–Crippen LogP) is 0.729. The van der Waals surface area contributed by atoms with E-state index in [1.165, 1.54) is 11.8 Å². The largest absolute Gasteiger partial charge is 0.415 e. The summed E-state index contributed by atoms with van der Waals surface area (Å²) >= 11 is 2.51. The maximum Gasteiger partial charge on any atom is 0.277 e. The summed E-state index contributed by atoms with van der Waals surface area (Å²) in [7, 11) is 0. The van der Waals surface area contributed by atoms with Crippen LogP contribution in [0, 0.1) is 0 Å². The number of hydrogen-bond donors (Lipinski definition) is 1. The number of thioether (sulfide) groups is 2. The van der Waals surface area contributed by atoms with E-state index in [0.717, 1.165) is 11.8 Å². The third kappa shape index (κ3) is 4.00. The van der Waals surface area contributed by atoms with E-state index >= 15 is 0 Å². The fraction of sp³-hybridized carbons (Fsp3) is 0.222. The van der Waals surface area contributed by atoms with E-state index in [0.29, 0.717) is 22.0 Å². The van der Waals surface area contributed by atoms with Crippen LogP contribution < -0.4 is 5.73 Å². The highest BCUT2D eigenvalue weighted by Gasteiger charge is 2.09. The molecular formula is C9H9N5O2S2. The average molecular weight is 283 g/mol. The zero-order valence-electron chi connectivity index (χ0n) is 9.15. The van der Waals surface area contributed by atoms with Crippen molar-refractivity contribution in [1.82, 2.24) is 20.2 Å². The van der Waals surface area contributed by atoms with Crippen molar-refractivity contribution in [3.05, 3.63) is 24.4 Å². The standard InChI is InChI=1S/C9H9N5O2S2/c10-6(15)4-18-9-14-13-7(16-9)5-17-8-11-2-1-3-12-8/h1-3H,4-5H2,(H2,10,15). The van der Waals surface area contributed by atoms with Crippen molar-refractivity contribution < 1.29 is 9.21 Å². The normalized spacial score (nSPS) is 10.4. The number of rotatable bonds is 6. The van der Waals surface area contributed by atoms with E-state index in [4.69, 9.17) is 10.2 Å². The van der Waals surface area contributed by atoms with E-state index in [2.05, 4.69) is 20.2 Å². The van der Waals surface area contributed by atoms with Crippen molar-refractivity contribution in [3.63, 3.8) is 0 Å². The molecule has 0 fully saturated rings. The molecule has 0 atom stereocenters. The van der Waals surface area contributed by atoms with Crippen molar-refractivity contribution in [2.45, 2.75) is 16.1 Å². The maximum atomic E-state index is 10.6. The van der Waals surface area contributed by atoms with Gasteiger partial charge in [-0.1, -0.05) is 23.5 Å². The SMILES string of the molecule is NC(=O)CSc1nnc(CSc2ncccn2)o1. The highest BCUT2D eigenvalue weighted by Crippen LogP contribution is 2.21. The van der Waals surface area contributed by atoms with Gasteiger partial charge in [0.25, 0.3) is 5.22 Å². The summed E-state index contributed by atoms with van der Waals surface area (Å²) in [5, 5.41) is 8.60. The number of hydrogen-bond acceptors (Lipinski definition) is 8. The average Bonchev–Trinajstić information content (AvgIpc) is 2.83. The minimum absolute atomic E-state index is 0.122. The fourth-order valence-electron chi connectivity index (χ4n) is 0.974. The summed E-state index contributed by atoms with van der Waals surface area (Å²) in [6.45, 7) is 0. The van der Waals surface area contributed by atoms with Gasteiger partial charge < -0.3 is 10.2 Å². The van der Waals surface area contributed by atoms with Gasteiger partial charge in [0.05, 0.1) is 11.5 Å². The molecule has 2 heterocycles. The number of primary amides is 1. The van der Waals surface area contributed by atoms with Gasteiger partial charge in [-0.2, -0.15) is 0 Å². The Labute approximate surface area is 111 Å². The van der Waals surface area contributed by atoms with Gasteiger partial charge in [-0.15, -0.1) is 10.2 Å². The molecule has 9 heteroatoms. The third-order valence-corrected chi connectivity index (χ3v) is 3.35. The van der Waals surface area contributed by atoms with Gasteiger partial charge >= 0.3 is 0 Å². The second-order valence-corrected chi connectivity index (χ2v) is 4.91. The number of amides is 1. The Morgan fingerprint density at radius 3 is 2.78 bits per heavy atom. The Bertz CT molecular complexity index is 519. The molecule has 94 valence electrons. The van der Waals surface area contributed by atoms with Crippen molar-refractivity contribution in [2.75, 3.05) is 5.75 Å². The first-order valence-corrected chi connectivity index (χ1v) is 6.84. The maximum absolute atomic E-state index is 10.6. The van der Waals surface area contributed by atoms with Gasteiger partial charge in [0.15, 0.2) is 5.16 Å². The molecule has 0 spiro atoms. The van der Waals surface area contributed by atoms with Crippen LogP contribution in [0.3, 0.4) is 0 Å². The van der Waals surface area contributed by atoms with Crippen molar-refractivity contribution in [2.24, 2.45) is 5.73 Å². The molecule has 0 aliphatic carbocycles. The molecular weight excluding hydrogens is 274 g/mol. The Balaban J connectivity index is 1.85. The molecule has 0 aliphatic rings. The fourth-order valence-corrected chi connectivity index (χ4v) is 2.13. The molecule has 1 amide bonds. The van der Waals surface area contributed by atoms with Crippen LogP contribution in [0.15, 0.2) is 33.3 Å². The minimum Gasteiger partial charge on any atom is -0.415 e. The first-order valence-electron chi connectivity index (χ1n) is 4.87. The zero-order valence-corrected chi connectivity index (χ0v) is 10.8. The van der Waals surface area contributed by atoms with Crippen LogP contribution in [-0.4, -0.2) is 31.8 Å². The first kappa shape index (κ1) is 12.8. The van der Waals surface area contributed by atoms with Crippen LogP contribution in [0.25, 0.3) is 0 Å². The first-order chi connectivity index (χ1) is 8.74. The third-order valence-electron chi connectivity index (χ3n) is 1.65. The quantitative estimate of drug-likeness (QED) is 0.610. The molecule has 2 N–H and O–H groups in total. The molecule has 0 bridgehead atoms. The Kier molecular flexibility index (Phi) is 4.53. The summed E-state index contributed by atoms with van der Waals surface area (Å²) in [6.07, 6.45) is 3.33. The van der Waals surface area contributed by atoms with Crippen LogP contribution >= 0.6 is 23.5 Å². The Morgan fingerprint density at radius 1 is 1.28 bits per heavy atom. The summed E-state index contributed by atoms with van der Waals surface area (Å²) in [4.78, 5) is 18.7. The molecule has 7 nitrogen and oxygen atoms in total. The molecule has 0 aromatic carbocycles. The molecule has 2 rings (SSSR count). The molecule has 0 unspecified atom stereocenters. The van der Waals surface area contributed by atoms with Crippen LogP contribution in [-0.2, 0) is 10.5 Å². The number of nitrogens with two attached hydrogens (primary N) is 1. The van der Waals surface area contributed by atoms with Gasteiger partial charge in [0.2, 0.25) is 11.8 Å². The van der Waals surface area contributed by atoms with Crippen LogP contribution in [0.4, 0.5) is 0 Å². The lowest BCUT2D eigenvalue weighted by molar-refractivity contribution is -0.115. The summed E-state index contributed by atoms with van der Waals surface area (Å²) in [5.41, 5.74) is 5.01. The number of carbonyl (C=O) groups excluding carboxylic acids is 1. The molecule has 0 saturated carbocycles. The Morgan fingerprint density at radius 2 is 2.06 bits per heavy atom. The second kappa shape index (κ2) is 6.36. The van der Waals surface area contributed by atoms with Crippen LogP contribution in [0.1, 0.15) is 5.89 Å².